The molecule has 0 saturated carbocycles. The largest absolute Gasteiger partial charge is 0.469 e. The molecule has 0 spiro atoms. The van der Waals surface area contributed by atoms with Gasteiger partial charge in [0.2, 0.25) is 0 Å². The number of esters is 1. The molecule has 1 aromatic carbocycles. The monoisotopic (exact) mass is 238 g/mol. The zero-order valence-corrected chi connectivity index (χ0v) is 9.67. The van der Waals surface area contributed by atoms with Crippen molar-refractivity contribution >= 4 is 11.7 Å². The van der Waals surface area contributed by atoms with E-state index in [4.69, 9.17) is 5.73 Å². The number of nitrogens with zero attached hydrogens (tertiary/aromatic N) is 1. The van der Waals surface area contributed by atoms with Crippen LogP contribution in [-0.2, 0) is 9.53 Å². The number of carbonyl (C=O) groups excluding carboxylic acids is 1. The van der Waals surface area contributed by atoms with Crippen LogP contribution in [0.25, 0.3) is 0 Å². The molecule has 1 atom stereocenters. The molecule has 0 saturated heterocycles. The van der Waals surface area contributed by atoms with E-state index in [-0.39, 0.29) is 12.2 Å². The van der Waals surface area contributed by atoms with Gasteiger partial charge < -0.3 is 10.5 Å². The topological polar surface area (TPSA) is 95.5 Å². The van der Waals surface area contributed by atoms with Crippen LogP contribution in [0, 0.1) is 17.0 Å². The Bertz CT molecular complexity index is 445. The number of carbonyl (C=O) groups is 1. The molecule has 1 rings (SSSR count). The second-order valence-electron chi connectivity index (χ2n) is 3.58. The van der Waals surface area contributed by atoms with Crippen molar-refractivity contribution < 1.29 is 14.5 Å². The number of nitro groups is 1. The molecule has 6 heteroatoms. The molecule has 6 nitrogen and oxygen atoms in total. The molecule has 0 aromatic heterocycles. The SMILES string of the molecule is COC(=O)C(CN)c1cccc(C)c1[N+](=O)[O-]. The maximum absolute atomic E-state index is 11.5. The lowest BCUT2D eigenvalue weighted by atomic mass is 9.95. The maximum Gasteiger partial charge on any atom is 0.314 e. The number of nitrogens with two attached hydrogens (primary N) is 1. The quantitative estimate of drug-likeness (QED) is 0.481. The van der Waals surface area contributed by atoms with Crippen LogP contribution < -0.4 is 5.73 Å². The number of methoxy groups -OCH3 is 1. The van der Waals surface area contributed by atoms with Crippen molar-refractivity contribution in [3.63, 3.8) is 0 Å². The molecule has 0 aliphatic heterocycles. The Morgan fingerprint density at radius 1 is 1.59 bits per heavy atom. The zero-order chi connectivity index (χ0) is 13.0. The first-order valence-corrected chi connectivity index (χ1v) is 5.04. The summed E-state index contributed by atoms with van der Waals surface area (Å²) in [7, 11) is 1.23. The van der Waals surface area contributed by atoms with Crippen molar-refractivity contribution in [3.05, 3.63) is 39.4 Å². The molecular weight excluding hydrogens is 224 g/mol. The van der Waals surface area contributed by atoms with Gasteiger partial charge in [-0.3, -0.25) is 14.9 Å². The third-order valence-electron chi connectivity index (χ3n) is 2.55. The molecule has 0 fully saturated rings. The summed E-state index contributed by atoms with van der Waals surface area (Å²) in [5.41, 5.74) is 6.19. The summed E-state index contributed by atoms with van der Waals surface area (Å²) >= 11 is 0. The Labute approximate surface area is 98.5 Å². The van der Waals surface area contributed by atoms with Gasteiger partial charge in [-0.25, -0.2) is 0 Å². The van der Waals surface area contributed by atoms with Crippen molar-refractivity contribution in [2.45, 2.75) is 12.8 Å². The third-order valence-corrected chi connectivity index (χ3v) is 2.55. The van der Waals surface area contributed by atoms with E-state index in [2.05, 4.69) is 4.74 Å². The molecular formula is C11H14N2O4. The average molecular weight is 238 g/mol. The number of benzene rings is 1. The van der Waals surface area contributed by atoms with Gasteiger partial charge in [0.1, 0.15) is 5.92 Å². The molecule has 0 aliphatic carbocycles. The summed E-state index contributed by atoms with van der Waals surface area (Å²) in [6.07, 6.45) is 0. The molecule has 0 aliphatic rings. The Morgan fingerprint density at radius 3 is 2.71 bits per heavy atom. The van der Waals surface area contributed by atoms with Gasteiger partial charge in [-0.15, -0.1) is 0 Å². The number of aryl methyl sites for hydroxylation is 1. The minimum Gasteiger partial charge on any atom is -0.469 e. The summed E-state index contributed by atoms with van der Waals surface area (Å²) in [5, 5.41) is 11.0. The van der Waals surface area contributed by atoms with Crippen LogP contribution in [0.1, 0.15) is 17.0 Å². The van der Waals surface area contributed by atoms with Crippen LogP contribution >= 0.6 is 0 Å². The van der Waals surface area contributed by atoms with E-state index >= 15 is 0 Å². The maximum atomic E-state index is 11.5. The van der Waals surface area contributed by atoms with Crippen molar-refractivity contribution in [1.29, 1.82) is 0 Å². The smallest absolute Gasteiger partial charge is 0.314 e. The Hall–Kier alpha value is -1.95. The average Bonchev–Trinajstić information content (AvgIpc) is 2.29. The van der Waals surface area contributed by atoms with Crippen molar-refractivity contribution in [1.82, 2.24) is 0 Å². The van der Waals surface area contributed by atoms with Crippen molar-refractivity contribution in [2.24, 2.45) is 5.73 Å². The highest BCUT2D eigenvalue weighted by atomic mass is 16.6. The molecule has 0 amide bonds. The Kier molecular flexibility index (Phi) is 4.17. The molecule has 0 heterocycles. The van der Waals surface area contributed by atoms with Gasteiger partial charge in [0.05, 0.1) is 12.0 Å². The van der Waals surface area contributed by atoms with E-state index in [1.807, 2.05) is 0 Å². The van der Waals surface area contributed by atoms with Crippen LogP contribution in [0.4, 0.5) is 5.69 Å². The third kappa shape index (κ3) is 2.59. The summed E-state index contributed by atoms with van der Waals surface area (Å²) in [6, 6.07) is 4.80. The summed E-state index contributed by atoms with van der Waals surface area (Å²) in [5.74, 6) is -1.37. The first-order chi connectivity index (χ1) is 8.02. The lowest BCUT2D eigenvalue weighted by Crippen LogP contribution is -2.23. The van der Waals surface area contributed by atoms with Crippen LogP contribution in [0.15, 0.2) is 18.2 Å². The molecule has 0 bridgehead atoms. The number of ether oxygens (including phenoxy) is 1. The van der Waals surface area contributed by atoms with Gasteiger partial charge in [0.25, 0.3) is 5.69 Å². The minimum absolute atomic E-state index is 0.0308. The summed E-state index contributed by atoms with van der Waals surface area (Å²) in [6.45, 7) is 1.59. The van der Waals surface area contributed by atoms with E-state index in [0.717, 1.165) is 0 Å². The van der Waals surface area contributed by atoms with Gasteiger partial charge >= 0.3 is 5.97 Å². The van der Waals surface area contributed by atoms with E-state index < -0.39 is 16.8 Å². The van der Waals surface area contributed by atoms with Gasteiger partial charge in [0.15, 0.2) is 0 Å². The fourth-order valence-corrected chi connectivity index (χ4v) is 1.70. The first-order valence-electron chi connectivity index (χ1n) is 5.04. The summed E-state index contributed by atoms with van der Waals surface area (Å²) in [4.78, 5) is 22.0. The Balaban J connectivity index is 3.33. The van der Waals surface area contributed by atoms with E-state index in [0.29, 0.717) is 11.1 Å². The molecule has 2 N–H and O–H groups in total. The van der Waals surface area contributed by atoms with E-state index in [1.54, 1.807) is 19.1 Å². The molecule has 92 valence electrons. The van der Waals surface area contributed by atoms with Crippen molar-refractivity contribution in [2.75, 3.05) is 13.7 Å². The van der Waals surface area contributed by atoms with Crippen LogP contribution in [0.5, 0.6) is 0 Å². The van der Waals surface area contributed by atoms with Crippen LogP contribution in [-0.4, -0.2) is 24.5 Å². The fourth-order valence-electron chi connectivity index (χ4n) is 1.70. The summed E-state index contributed by atoms with van der Waals surface area (Å²) < 4.78 is 4.59. The first kappa shape index (κ1) is 13.1. The number of rotatable bonds is 4. The zero-order valence-electron chi connectivity index (χ0n) is 9.67. The lowest BCUT2D eigenvalue weighted by molar-refractivity contribution is -0.386. The van der Waals surface area contributed by atoms with Gasteiger partial charge in [-0.1, -0.05) is 18.2 Å². The van der Waals surface area contributed by atoms with Gasteiger partial charge in [-0.05, 0) is 6.92 Å². The van der Waals surface area contributed by atoms with Crippen molar-refractivity contribution in [3.8, 4) is 0 Å². The lowest BCUT2D eigenvalue weighted by Gasteiger charge is -2.13. The Morgan fingerprint density at radius 2 is 2.24 bits per heavy atom. The van der Waals surface area contributed by atoms with Crippen LogP contribution in [0.3, 0.4) is 0 Å². The van der Waals surface area contributed by atoms with Gasteiger partial charge in [-0.2, -0.15) is 0 Å². The minimum atomic E-state index is -0.805. The predicted molar refractivity (Wildman–Crippen MR) is 61.6 cm³/mol. The second-order valence-corrected chi connectivity index (χ2v) is 3.58. The number of hydrogen-bond acceptors (Lipinski definition) is 5. The highest BCUT2D eigenvalue weighted by Gasteiger charge is 2.28. The predicted octanol–water partition coefficient (Wildman–Crippen LogP) is 1.12. The van der Waals surface area contributed by atoms with Gasteiger partial charge in [0, 0.05) is 17.7 Å². The van der Waals surface area contributed by atoms with Crippen LogP contribution in [0.2, 0.25) is 0 Å². The standard InChI is InChI=1S/C11H14N2O4/c1-7-4-3-5-8(10(7)13(15)16)9(6-12)11(14)17-2/h3-5,9H,6,12H2,1-2H3. The molecule has 17 heavy (non-hydrogen) atoms. The van der Waals surface area contributed by atoms with E-state index in [1.165, 1.54) is 13.2 Å². The number of nitro benzene ring substituents is 1. The fraction of sp³-hybridized carbons (Fsp3) is 0.364. The highest BCUT2D eigenvalue weighted by molar-refractivity contribution is 5.80. The second kappa shape index (κ2) is 5.40. The number of para-hydroxylation sites is 1. The van der Waals surface area contributed by atoms with E-state index in [9.17, 15) is 14.9 Å². The number of hydrogen-bond donors (Lipinski definition) is 1. The normalized spacial score (nSPS) is 11.9. The highest BCUT2D eigenvalue weighted by Crippen LogP contribution is 2.29. The molecule has 0 radical (unpaired) electrons. The molecule has 1 unspecified atom stereocenters. The molecule has 1 aromatic rings.